The lowest BCUT2D eigenvalue weighted by molar-refractivity contribution is -0.404. The molecule has 288 valence electrons. The Morgan fingerprint density at radius 2 is 0.904 bits per heavy atom. The molecular formula is C20H28N12O20. The highest BCUT2D eigenvalue weighted by atomic mass is 16.7. The van der Waals surface area contributed by atoms with Crippen molar-refractivity contribution >= 4 is 46.0 Å². The molecule has 0 aliphatic heterocycles. The molecule has 1 aliphatic rings. The van der Waals surface area contributed by atoms with Gasteiger partial charge in [-0.2, -0.15) is 0 Å². The van der Waals surface area contributed by atoms with Crippen LogP contribution >= 0.6 is 0 Å². The first kappa shape index (κ1) is 46.9. The topological polar surface area (TPSA) is 570 Å². The molecule has 3 rings (SSSR count). The summed E-state index contributed by atoms with van der Waals surface area (Å²) in [7, 11) is 0. The highest BCUT2D eigenvalue weighted by Gasteiger charge is 2.49. The van der Waals surface area contributed by atoms with E-state index in [-0.39, 0.29) is 16.9 Å². The maximum atomic E-state index is 10.4. The van der Waals surface area contributed by atoms with E-state index in [9.17, 15) is 81.1 Å². The fourth-order valence-electron chi connectivity index (χ4n) is 3.86. The number of phenolic OH excluding ortho intramolecular Hbond substituents is 2. The van der Waals surface area contributed by atoms with Crippen LogP contribution in [-0.2, 0) is 0 Å². The van der Waals surface area contributed by atoms with Gasteiger partial charge in [0.25, 0.3) is 22.9 Å². The number of guanidine groups is 2. The van der Waals surface area contributed by atoms with E-state index in [0.717, 1.165) is 0 Å². The zero-order chi connectivity index (χ0) is 38.9. The maximum Gasteiger partial charge on any atom is 0.324 e. The average molecular weight is 757 g/mol. The number of nitro benzene ring substituents is 6. The summed E-state index contributed by atoms with van der Waals surface area (Å²) in [5, 5.41) is 129. The SMILES string of the molecule is N=C(N)N[C@H]1[C@H](O)[C@@H](N=C(N)N)[C@H](O)[C@@H](O)[C@@H]1O.O.O.O=[N+]([O-])c1cc([N+](=O)[O-])c(O)c([N+](=O)[O-])c1.O=[N+]([O-])c1cc([N+](=O)[O-])c(O)c([N+](=O)[O-])c1. The third-order valence-corrected chi connectivity index (χ3v) is 6.07. The number of aliphatic imine (C=N–C) groups is 1. The van der Waals surface area contributed by atoms with Crippen LogP contribution in [0.1, 0.15) is 0 Å². The van der Waals surface area contributed by atoms with Gasteiger partial charge in [-0.25, -0.2) is 4.99 Å². The van der Waals surface area contributed by atoms with Gasteiger partial charge in [0.15, 0.2) is 11.9 Å². The van der Waals surface area contributed by atoms with E-state index in [1.807, 2.05) is 0 Å². The predicted octanol–water partition coefficient (Wildman–Crippen LogP) is -4.48. The van der Waals surface area contributed by atoms with E-state index in [1.165, 1.54) is 0 Å². The smallest absolute Gasteiger partial charge is 0.324 e. The number of hydrogen-bond donors (Lipinski definition) is 11. The van der Waals surface area contributed by atoms with Crippen molar-refractivity contribution in [1.29, 1.82) is 5.41 Å². The minimum absolute atomic E-state index is 0. The first-order valence-corrected chi connectivity index (χ1v) is 12.5. The molecule has 0 spiro atoms. The monoisotopic (exact) mass is 756 g/mol. The van der Waals surface area contributed by atoms with Crippen LogP contribution < -0.4 is 22.5 Å². The molecule has 0 bridgehead atoms. The van der Waals surface area contributed by atoms with E-state index in [4.69, 9.17) is 32.8 Å². The number of nitrogens with two attached hydrogens (primary N) is 3. The van der Waals surface area contributed by atoms with E-state index in [2.05, 4.69) is 10.3 Å². The third kappa shape index (κ3) is 11.4. The van der Waals surface area contributed by atoms with Gasteiger partial charge in [-0.15, -0.1) is 0 Å². The van der Waals surface area contributed by atoms with Crippen molar-refractivity contribution in [2.75, 3.05) is 0 Å². The van der Waals surface area contributed by atoms with Gasteiger partial charge in [0.1, 0.15) is 30.5 Å². The summed E-state index contributed by atoms with van der Waals surface area (Å²) >= 11 is 0. The average Bonchev–Trinajstić information content (AvgIpc) is 3.00. The van der Waals surface area contributed by atoms with Gasteiger partial charge in [-0.3, -0.25) is 66.1 Å². The van der Waals surface area contributed by atoms with E-state index in [0.29, 0.717) is 24.3 Å². The molecule has 0 heterocycles. The molecule has 1 aliphatic carbocycles. The zero-order valence-corrected chi connectivity index (χ0v) is 25.2. The summed E-state index contributed by atoms with van der Waals surface area (Å²) in [5.74, 6) is -3.31. The Morgan fingerprint density at radius 3 is 1.13 bits per heavy atom. The minimum Gasteiger partial charge on any atom is -0.497 e. The summed E-state index contributed by atoms with van der Waals surface area (Å²) in [6, 6.07) is -0.616. The Hall–Kier alpha value is -7.26. The number of nitro groups is 6. The minimum atomic E-state index is -1.58. The highest BCUT2D eigenvalue weighted by molar-refractivity contribution is 5.76. The standard InChI is InChI=1S/C8H18N6O4.2C6H3N3O7.2H2O/c9-7(10)13-1-3(15)2(14-8(11)12)5(17)6(18)4(1)16;2*10-6-4(8(13)14)1-3(7(11)12)2-5(6)9(15)16;;/h1-6,15-18H,(H4,9,10,13)(H4,11,12,14);2*1-2,10H;2*1H2/t1-,2+,3-,4+,5-,6-;;;;. The van der Waals surface area contributed by atoms with Gasteiger partial charge >= 0.3 is 22.7 Å². The van der Waals surface area contributed by atoms with Crippen molar-refractivity contribution in [1.82, 2.24) is 5.32 Å². The van der Waals surface area contributed by atoms with Crippen LogP contribution in [0.15, 0.2) is 29.3 Å². The van der Waals surface area contributed by atoms with Crippen molar-refractivity contribution in [2.45, 2.75) is 36.5 Å². The lowest BCUT2D eigenvalue weighted by atomic mass is 9.82. The normalized spacial score (nSPS) is 19.8. The lowest BCUT2D eigenvalue weighted by Crippen LogP contribution is -2.68. The number of phenols is 2. The first-order valence-electron chi connectivity index (χ1n) is 12.5. The van der Waals surface area contributed by atoms with Crippen LogP contribution in [0, 0.1) is 66.1 Å². The molecule has 2 aromatic carbocycles. The van der Waals surface area contributed by atoms with Crippen LogP contribution in [0.4, 0.5) is 34.1 Å². The number of aromatic hydroxyl groups is 2. The molecule has 6 atom stereocenters. The number of aliphatic hydroxyl groups is 4. The van der Waals surface area contributed by atoms with Gasteiger partial charge < -0.3 is 64.1 Å². The Bertz CT molecular complexity index is 1570. The molecule has 0 unspecified atom stereocenters. The number of rotatable bonds is 8. The van der Waals surface area contributed by atoms with Crippen LogP contribution in [0.2, 0.25) is 0 Å². The largest absolute Gasteiger partial charge is 0.497 e. The molecule has 1 saturated carbocycles. The fourth-order valence-corrected chi connectivity index (χ4v) is 3.86. The predicted molar refractivity (Wildman–Crippen MR) is 166 cm³/mol. The quantitative estimate of drug-likeness (QED) is 0.0523. The molecule has 52 heavy (non-hydrogen) atoms. The number of aliphatic hydroxyl groups excluding tert-OH is 4. The molecule has 0 saturated heterocycles. The van der Waals surface area contributed by atoms with Gasteiger partial charge in [0.2, 0.25) is 0 Å². The van der Waals surface area contributed by atoms with Crippen molar-refractivity contribution < 1.29 is 71.1 Å². The summed E-state index contributed by atoms with van der Waals surface area (Å²) in [6.07, 6.45) is -6.07. The van der Waals surface area contributed by atoms with Crippen molar-refractivity contribution in [2.24, 2.45) is 22.2 Å². The number of nitrogens with one attached hydrogen (secondary N) is 2. The van der Waals surface area contributed by atoms with Crippen molar-refractivity contribution in [3.63, 3.8) is 0 Å². The van der Waals surface area contributed by atoms with Crippen molar-refractivity contribution in [3.8, 4) is 11.5 Å². The molecule has 32 nitrogen and oxygen atoms in total. The molecule has 0 radical (unpaired) electrons. The molecular weight excluding hydrogens is 728 g/mol. The second-order valence-corrected chi connectivity index (χ2v) is 9.30. The van der Waals surface area contributed by atoms with Gasteiger partial charge in [-0.05, 0) is 0 Å². The summed E-state index contributed by atoms with van der Waals surface area (Å²) < 4.78 is 0. The van der Waals surface area contributed by atoms with Crippen LogP contribution in [0.3, 0.4) is 0 Å². The fraction of sp³-hybridized carbons (Fsp3) is 0.300. The summed E-state index contributed by atoms with van der Waals surface area (Å²) in [5.41, 5.74) is 9.39. The van der Waals surface area contributed by atoms with Gasteiger partial charge in [0.05, 0.1) is 59.8 Å². The molecule has 0 aromatic heterocycles. The van der Waals surface area contributed by atoms with E-state index >= 15 is 0 Å². The molecule has 32 heteroatoms. The molecule has 0 amide bonds. The molecule has 18 N–H and O–H groups in total. The summed E-state index contributed by atoms with van der Waals surface area (Å²) in [6.45, 7) is 0. The number of benzene rings is 2. The lowest BCUT2D eigenvalue weighted by Gasteiger charge is -2.42. The van der Waals surface area contributed by atoms with E-state index in [1.54, 1.807) is 0 Å². The second kappa shape index (κ2) is 19.1. The zero-order valence-electron chi connectivity index (χ0n) is 25.2. The third-order valence-electron chi connectivity index (χ3n) is 6.07. The Balaban J connectivity index is 0. The second-order valence-electron chi connectivity index (χ2n) is 9.30. The Labute approximate surface area is 283 Å². The highest BCUT2D eigenvalue weighted by Crippen LogP contribution is 2.40. The van der Waals surface area contributed by atoms with Crippen molar-refractivity contribution in [3.05, 3.63) is 85.0 Å². The van der Waals surface area contributed by atoms with Crippen LogP contribution in [0.25, 0.3) is 0 Å². The number of nitrogens with zero attached hydrogens (tertiary/aromatic N) is 7. The van der Waals surface area contributed by atoms with Gasteiger partial charge in [0, 0.05) is 0 Å². The Kier molecular flexibility index (Phi) is 17.2. The Morgan fingerprint density at radius 1 is 0.596 bits per heavy atom. The maximum absolute atomic E-state index is 10.4. The molecule has 1 fully saturated rings. The van der Waals surface area contributed by atoms with Crippen LogP contribution in [-0.4, -0.2) is 120 Å². The number of non-ortho nitro benzene ring substituents is 2. The number of hydrogen-bond acceptors (Lipinski definition) is 20. The molecule has 2 aromatic rings. The van der Waals surface area contributed by atoms with Gasteiger partial charge in [-0.1, -0.05) is 0 Å². The first-order chi connectivity index (χ1) is 22.9. The van der Waals surface area contributed by atoms with E-state index < -0.39 is 118 Å². The van der Waals surface area contributed by atoms with Crippen LogP contribution in [0.5, 0.6) is 11.5 Å². The summed E-state index contributed by atoms with van der Waals surface area (Å²) in [4.78, 5) is 59.1.